The van der Waals surface area contributed by atoms with Gasteiger partial charge >= 0.3 is 0 Å². The molecule has 0 amide bonds. The van der Waals surface area contributed by atoms with Gasteiger partial charge in [-0.15, -0.1) is 0 Å². The Kier molecular flexibility index (Phi) is 6.86. The van der Waals surface area contributed by atoms with Gasteiger partial charge < -0.3 is 10.5 Å². The molecule has 5 nitrogen and oxygen atoms in total. The average molecular weight is 427 g/mol. The van der Waals surface area contributed by atoms with Crippen molar-refractivity contribution in [2.45, 2.75) is 23.2 Å². The molecule has 0 saturated carbocycles. The van der Waals surface area contributed by atoms with Gasteiger partial charge in [-0.3, -0.25) is 4.68 Å². The molecule has 1 aromatic carbocycles. The molecule has 0 unspecified atom stereocenters. The maximum atomic E-state index is 9.82. The van der Waals surface area contributed by atoms with Gasteiger partial charge in [-0.1, -0.05) is 42.1 Å². The number of rotatable bonds is 6. The summed E-state index contributed by atoms with van der Waals surface area (Å²) in [6.07, 6.45) is 6.42. The summed E-state index contributed by atoms with van der Waals surface area (Å²) in [5, 5.41) is 14.5. The van der Waals surface area contributed by atoms with E-state index in [9.17, 15) is 5.26 Å². The Morgan fingerprint density at radius 1 is 1.41 bits per heavy atom. The minimum absolute atomic E-state index is 0.492. The van der Waals surface area contributed by atoms with Crippen molar-refractivity contribution in [3.63, 3.8) is 0 Å². The first-order valence-corrected chi connectivity index (χ1v) is 10.4. The highest BCUT2D eigenvalue weighted by Crippen LogP contribution is 2.38. The van der Waals surface area contributed by atoms with E-state index in [1.807, 2.05) is 31.3 Å². The Morgan fingerprint density at radius 2 is 2.17 bits per heavy atom. The molecule has 0 atom stereocenters. The van der Waals surface area contributed by atoms with Crippen LogP contribution in [0, 0.1) is 11.3 Å². The van der Waals surface area contributed by atoms with E-state index in [4.69, 9.17) is 22.1 Å². The van der Waals surface area contributed by atoms with Crippen LogP contribution in [0.15, 0.2) is 70.2 Å². The second-order valence-corrected chi connectivity index (χ2v) is 8.37. The van der Waals surface area contributed by atoms with Gasteiger partial charge in [0.1, 0.15) is 0 Å². The molecule has 2 aromatic rings. The van der Waals surface area contributed by atoms with Crippen LogP contribution in [0.3, 0.4) is 0 Å². The normalized spacial score (nSPS) is 17.0. The molecular formula is C22H23ClN4OS. The van der Waals surface area contributed by atoms with Crippen molar-refractivity contribution < 1.29 is 4.74 Å². The fraction of sp³-hybridized carbons (Fsp3) is 0.273. The van der Waals surface area contributed by atoms with Crippen molar-refractivity contribution in [3.8, 4) is 6.07 Å². The Balaban J connectivity index is 1.80. The number of hydrogen-bond acceptors (Lipinski definition) is 5. The molecule has 7 heteroatoms. The molecule has 1 fully saturated rings. The summed E-state index contributed by atoms with van der Waals surface area (Å²) in [6.45, 7) is 5.27. The van der Waals surface area contributed by atoms with E-state index in [0.717, 1.165) is 21.1 Å². The van der Waals surface area contributed by atoms with Gasteiger partial charge in [0.05, 0.1) is 22.2 Å². The number of allylic oxidation sites excluding steroid dienone is 3. The van der Waals surface area contributed by atoms with Crippen LogP contribution in [-0.4, -0.2) is 23.0 Å². The van der Waals surface area contributed by atoms with E-state index in [1.54, 1.807) is 17.0 Å². The highest BCUT2D eigenvalue weighted by molar-refractivity contribution is 8.03. The molecule has 3 rings (SSSR count). The van der Waals surface area contributed by atoms with Gasteiger partial charge in [0.15, 0.2) is 0 Å². The smallest absolute Gasteiger partial charge is 0.0866 e. The third-order valence-corrected chi connectivity index (χ3v) is 6.35. The molecule has 1 aliphatic rings. The number of aromatic nitrogens is 2. The standard InChI is InChI=1S/C22H23ClN4OS/c1-16(21-6-9-26-27(21)2)20(23)13-19(14-24)29-18-5-3-4-17(12-18)22(15-25)7-10-28-11-8-22/h3-6,9,12-14H,1,7-8,10-11,24H2,2H3/b19-14+,20-13+. The summed E-state index contributed by atoms with van der Waals surface area (Å²) in [5.41, 5.74) is 7.87. The lowest BCUT2D eigenvalue weighted by Crippen LogP contribution is -2.32. The summed E-state index contributed by atoms with van der Waals surface area (Å²) in [5.74, 6) is 0. The van der Waals surface area contributed by atoms with Crippen LogP contribution in [0.1, 0.15) is 24.1 Å². The number of nitrogens with two attached hydrogens (primary N) is 1. The van der Waals surface area contributed by atoms with E-state index in [-0.39, 0.29) is 0 Å². The van der Waals surface area contributed by atoms with Crippen LogP contribution >= 0.6 is 23.4 Å². The molecule has 1 aromatic heterocycles. The van der Waals surface area contributed by atoms with Crippen LogP contribution in [0.2, 0.25) is 0 Å². The van der Waals surface area contributed by atoms with Crippen LogP contribution in [0.4, 0.5) is 0 Å². The molecule has 0 spiro atoms. The van der Waals surface area contributed by atoms with Gasteiger partial charge in [-0.25, -0.2) is 0 Å². The van der Waals surface area contributed by atoms with Crippen LogP contribution in [0.5, 0.6) is 0 Å². The first kappa shape index (κ1) is 21.3. The lowest BCUT2D eigenvalue weighted by Gasteiger charge is -2.31. The topological polar surface area (TPSA) is 76.9 Å². The van der Waals surface area contributed by atoms with E-state index < -0.39 is 5.41 Å². The molecule has 0 radical (unpaired) electrons. The van der Waals surface area contributed by atoms with E-state index in [2.05, 4.69) is 23.8 Å². The monoisotopic (exact) mass is 426 g/mol. The maximum absolute atomic E-state index is 9.82. The van der Waals surface area contributed by atoms with Crippen molar-refractivity contribution in [1.29, 1.82) is 5.26 Å². The van der Waals surface area contributed by atoms with Crippen LogP contribution in [-0.2, 0) is 17.2 Å². The molecule has 1 aliphatic heterocycles. The zero-order valence-corrected chi connectivity index (χ0v) is 17.8. The summed E-state index contributed by atoms with van der Waals surface area (Å²) >= 11 is 7.98. The second kappa shape index (κ2) is 9.36. The fourth-order valence-corrected chi connectivity index (χ4v) is 4.42. The molecule has 1 saturated heterocycles. The predicted molar refractivity (Wildman–Crippen MR) is 118 cm³/mol. The van der Waals surface area contributed by atoms with Gasteiger partial charge in [0.2, 0.25) is 0 Å². The molecular weight excluding hydrogens is 404 g/mol. The van der Waals surface area contributed by atoms with Crippen molar-refractivity contribution in [2.75, 3.05) is 13.2 Å². The lowest BCUT2D eigenvalue weighted by molar-refractivity contribution is 0.0675. The minimum atomic E-state index is -0.497. The van der Waals surface area contributed by atoms with Crippen molar-refractivity contribution in [3.05, 3.63) is 76.6 Å². The highest BCUT2D eigenvalue weighted by Gasteiger charge is 2.34. The zero-order chi connectivity index (χ0) is 20.9. The number of benzene rings is 1. The Hall–Kier alpha value is -2.46. The first-order chi connectivity index (χ1) is 14.0. The van der Waals surface area contributed by atoms with Crippen LogP contribution < -0.4 is 5.73 Å². The summed E-state index contributed by atoms with van der Waals surface area (Å²) in [7, 11) is 1.84. The Bertz CT molecular complexity index is 996. The van der Waals surface area contributed by atoms with Crippen LogP contribution in [0.25, 0.3) is 5.57 Å². The maximum Gasteiger partial charge on any atom is 0.0866 e. The molecule has 0 bridgehead atoms. The summed E-state index contributed by atoms with van der Waals surface area (Å²) < 4.78 is 7.17. The summed E-state index contributed by atoms with van der Waals surface area (Å²) in [4.78, 5) is 1.78. The molecule has 150 valence electrons. The molecule has 29 heavy (non-hydrogen) atoms. The van der Waals surface area contributed by atoms with E-state index in [0.29, 0.717) is 36.7 Å². The fourth-order valence-electron chi connectivity index (χ4n) is 3.29. The molecule has 2 heterocycles. The van der Waals surface area contributed by atoms with Gasteiger partial charge in [-0.2, -0.15) is 10.4 Å². The van der Waals surface area contributed by atoms with E-state index >= 15 is 0 Å². The highest BCUT2D eigenvalue weighted by atomic mass is 35.5. The van der Waals surface area contributed by atoms with Crippen molar-refractivity contribution in [2.24, 2.45) is 12.8 Å². The summed E-state index contributed by atoms with van der Waals surface area (Å²) in [6, 6.07) is 12.4. The Labute approximate surface area is 180 Å². The number of aryl methyl sites for hydroxylation is 1. The number of hydrogen-bond donors (Lipinski definition) is 1. The van der Waals surface area contributed by atoms with Gasteiger partial charge in [0, 0.05) is 48.0 Å². The van der Waals surface area contributed by atoms with Crippen molar-refractivity contribution >= 4 is 28.9 Å². The molecule has 2 N–H and O–H groups in total. The number of nitriles is 1. The molecule has 0 aliphatic carbocycles. The Morgan fingerprint density at radius 3 is 2.79 bits per heavy atom. The number of nitrogens with zero attached hydrogens (tertiary/aromatic N) is 3. The minimum Gasteiger partial charge on any atom is -0.404 e. The van der Waals surface area contributed by atoms with E-state index in [1.165, 1.54) is 18.0 Å². The SMILES string of the molecule is C=C(/C(Cl)=C\C(=C/N)Sc1cccc(C2(C#N)CCOCC2)c1)c1ccnn1C. The first-order valence-electron chi connectivity index (χ1n) is 9.23. The number of thioether (sulfide) groups is 1. The van der Waals surface area contributed by atoms with Gasteiger partial charge in [0.25, 0.3) is 0 Å². The number of halogens is 1. The quantitative estimate of drug-likeness (QED) is 0.534. The zero-order valence-electron chi connectivity index (χ0n) is 16.3. The average Bonchev–Trinajstić information content (AvgIpc) is 3.19. The van der Waals surface area contributed by atoms with Crippen molar-refractivity contribution in [1.82, 2.24) is 9.78 Å². The lowest BCUT2D eigenvalue weighted by atomic mass is 9.75. The number of ether oxygens (including phenoxy) is 1. The third-order valence-electron chi connectivity index (χ3n) is 5.03. The predicted octanol–water partition coefficient (Wildman–Crippen LogP) is 4.72. The second-order valence-electron chi connectivity index (χ2n) is 6.82. The third kappa shape index (κ3) is 4.76. The van der Waals surface area contributed by atoms with Gasteiger partial charge in [-0.05, 0) is 42.7 Å². The largest absolute Gasteiger partial charge is 0.404 e.